The lowest BCUT2D eigenvalue weighted by molar-refractivity contribution is 0.0700. The van der Waals surface area contributed by atoms with Crippen molar-refractivity contribution >= 4 is 5.91 Å². The third kappa shape index (κ3) is 3.53. The molecule has 2 fully saturated rings. The lowest BCUT2D eigenvalue weighted by Crippen LogP contribution is -2.45. The van der Waals surface area contributed by atoms with Crippen molar-refractivity contribution in [2.24, 2.45) is 5.92 Å². The molecule has 21 heavy (non-hydrogen) atoms. The number of hydrogen-bond donors (Lipinski definition) is 2. The first-order chi connectivity index (χ1) is 10.1. The number of piperidine rings is 1. The second-order valence-corrected chi connectivity index (χ2v) is 6.08. The molecule has 2 N–H and O–H groups in total. The fourth-order valence-corrected chi connectivity index (χ4v) is 2.79. The van der Waals surface area contributed by atoms with Crippen LogP contribution in [0.15, 0.2) is 18.2 Å². The molecule has 3 rings (SSSR count). The summed E-state index contributed by atoms with van der Waals surface area (Å²) in [6, 6.07) is 4.15. The summed E-state index contributed by atoms with van der Waals surface area (Å²) >= 11 is 0. The number of carbonyl (C=O) groups excluding carboxylic acids is 1. The van der Waals surface area contributed by atoms with Gasteiger partial charge in [0.05, 0.1) is 5.56 Å². The maximum Gasteiger partial charge on any atom is 0.256 e. The minimum absolute atomic E-state index is 0.0391. The monoisotopic (exact) mass is 292 g/mol. The van der Waals surface area contributed by atoms with Crippen molar-refractivity contribution in [1.82, 2.24) is 10.2 Å². The lowest BCUT2D eigenvalue weighted by atomic mass is 10.0. The van der Waals surface area contributed by atoms with Crippen LogP contribution in [0.5, 0.6) is 5.75 Å². The third-order valence-corrected chi connectivity index (χ3v) is 4.36. The van der Waals surface area contributed by atoms with Gasteiger partial charge in [-0.2, -0.15) is 0 Å². The number of halogens is 1. The Morgan fingerprint density at radius 1 is 1.29 bits per heavy atom. The van der Waals surface area contributed by atoms with Gasteiger partial charge in [-0.05, 0) is 50.3 Å². The molecule has 1 amide bonds. The standard InChI is InChI=1S/C16H21FN2O2/c17-15-9-13(20)3-4-14(15)16(21)19-7-5-12(6-8-19)18-10-11-1-2-11/h3-4,9,11-12,18,20H,1-2,5-8,10H2. The van der Waals surface area contributed by atoms with Crippen molar-refractivity contribution in [3.8, 4) is 5.75 Å². The van der Waals surface area contributed by atoms with E-state index in [0.29, 0.717) is 19.1 Å². The number of hydrogen-bond acceptors (Lipinski definition) is 3. The van der Waals surface area contributed by atoms with E-state index in [4.69, 9.17) is 0 Å². The van der Waals surface area contributed by atoms with Gasteiger partial charge in [0.2, 0.25) is 0 Å². The van der Waals surface area contributed by atoms with Gasteiger partial charge in [-0.25, -0.2) is 4.39 Å². The molecule has 1 aromatic rings. The van der Waals surface area contributed by atoms with E-state index >= 15 is 0 Å². The Hall–Kier alpha value is -1.62. The predicted molar refractivity (Wildman–Crippen MR) is 77.7 cm³/mol. The van der Waals surface area contributed by atoms with Gasteiger partial charge in [0, 0.05) is 25.2 Å². The fourth-order valence-electron chi connectivity index (χ4n) is 2.79. The largest absolute Gasteiger partial charge is 0.508 e. The van der Waals surface area contributed by atoms with Gasteiger partial charge in [-0.3, -0.25) is 4.79 Å². The molecular weight excluding hydrogens is 271 g/mol. The number of likely N-dealkylation sites (tertiary alicyclic amines) is 1. The van der Waals surface area contributed by atoms with Crippen molar-refractivity contribution < 1.29 is 14.3 Å². The summed E-state index contributed by atoms with van der Waals surface area (Å²) in [5.41, 5.74) is 0.0391. The van der Waals surface area contributed by atoms with Gasteiger partial charge < -0.3 is 15.3 Å². The van der Waals surface area contributed by atoms with Crippen LogP contribution in [-0.2, 0) is 0 Å². The number of nitrogens with zero attached hydrogens (tertiary/aromatic N) is 1. The molecule has 5 heteroatoms. The van der Waals surface area contributed by atoms with Crippen LogP contribution in [0.4, 0.5) is 4.39 Å². The zero-order valence-corrected chi connectivity index (χ0v) is 12.0. The van der Waals surface area contributed by atoms with Gasteiger partial charge in [0.1, 0.15) is 11.6 Å². The molecule has 4 nitrogen and oxygen atoms in total. The van der Waals surface area contributed by atoms with Crippen molar-refractivity contribution in [3.05, 3.63) is 29.6 Å². The minimum atomic E-state index is -0.658. The average molecular weight is 292 g/mol. The highest BCUT2D eigenvalue weighted by Gasteiger charge is 2.27. The Bertz CT molecular complexity index is 523. The highest BCUT2D eigenvalue weighted by Crippen LogP contribution is 2.28. The predicted octanol–water partition coefficient (Wildman–Crippen LogP) is 2.14. The first kappa shape index (κ1) is 14.3. The highest BCUT2D eigenvalue weighted by molar-refractivity contribution is 5.94. The minimum Gasteiger partial charge on any atom is -0.508 e. The summed E-state index contributed by atoms with van der Waals surface area (Å²) in [6.45, 7) is 2.40. The lowest BCUT2D eigenvalue weighted by Gasteiger charge is -2.32. The Kier molecular flexibility index (Phi) is 4.10. The fraction of sp³-hybridized carbons (Fsp3) is 0.562. The van der Waals surface area contributed by atoms with Crippen LogP contribution in [0.1, 0.15) is 36.0 Å². The second-order valence-electron chi connectivity index (χ2n) is 6.08. The highest BCUT2D eigenvalue weighted by atomic mass is 19.1. The van der Waals surface area contributed by atoms with Crippen LogP contribution in [0.2, 0.25) is 0 Å². The van der Waals surface area contributed by atoms with Crippen molar-refractivity contribution in [1.29, 1.82) is 0 Å². The Balaban J connectivity index is 1.54. The molecule has 114 valence electrons. The maximum atomic E-state index is 13.7. The van der Waals surface area contributed by atoms with E-state index in [9.17, 15) is 14.3 Å². The number of carbonyl (C=O) groups is 1. The van der Waals surface area contributed by atoms with Gasteiger partial charge in [-0.15, -0.1) is 0 Å². The van der Waals surface area contributed by atoms with Crippen molar-refractivity contribution in [2.45, 2.75) is 31.7 Å². The molecule has 0 spiro atoms. The molecule has 0 aromatic heterocycles. The van der Waals surface area contributed by atoms with E-state index < -0.39 is 5.82 Å². The molecule has 0 radical (unpaired) electrons. The third-order valence-electron chi connectivity index (χ3n) is 4.36. The van der Waals surface area contributed by atoms with E-state index in [1.54, 1.807) is 4.90 Å². The summed E-state index contributed by atoms with van der Waals surface area (Å²) in [6.07, 6.45) is 4.51. The molecule has 1 aliphatic heterocycles. The normalized spacial score (nSPS) is 19.8. The van der Waals surface area contributed by atoms with Crippen LogP contribution in [0.3, 0.4) is 0 Å². The number of aromatic hydroxyl groups is 1. The summed E-state index contributed by atoms with van der Waals surface area (Å²) in [5.74, 6) is -0.245. The number of rotatable bonds is 4. The molecular formula is C16H21FN2O2. The maximum absolute atomic E-state index is 13.7. The zero-order chi connectivity index (χ0) is 14.8. The smallest absolute Gasteiger partial charge is 0.256 e. The van der Waals surface area contributed by atoms with Crippen LogP contribution in [0.25, 0.3) is 0 Å². The summed E-state index contributed by atoms with van der Waals surface area (Å²) in [4.78, 5) is 14.0. The number of benzene rings is 1. The summed E-state index contributed by atoms with van der Waals surface area (Å²) < 4.78 is 13.7. The van der Waals surface area contributed by atoms with Crippen molar-refractivity contribution in [3.63, 3.8) is 0 Å². The van der Waals surface area contributed by atoms with E-state index in [0.717, 1.165) is 31.4 Å². The van der Waals surface area contributed by atoms with E-state index in [1.165, 1.54) is 25.0 Å². The number of nitrogens with one attached hydrogen (secondary N) is 1. The molecule has 2 aliphatic rings. The molecule has 1 aliphatic carbocycles. The van der Waals surface area contributed by atoms with E-state index in [-0.39, 0.29) is 17.2 Å². The SMILES string of the molecule is O=C(c1ccc(O)cc1F)N1CCC(NCC2CC2)CC1. The van der Waals surface area contributed by atoms with Gasteiger partial charge in [0.15, 0.2) is 0 Å². The number of phenols is 1. The molecule has 0 atom stereocenters. The molecule has 0 unspecified atom stereocenters. The van der Waals surface area contributed by atoms with E-state index in [1.807, 2.05) is 0 Å². The topological polar surface area (TPSA) is 52.6 Å². The van der Waals surface area contributed by atoms with Gasteiger partial charge in [-0.1, -0.05) is 0 Å². The number of phenolic OH excluding ortho intramolecular Hbond substituents is 1. The number of amides is 1. The average Bonchev–Trinajstić information content (AvgIpc) is 3.29. The molecule has 0 bridgehead atoms. The summed E-state index contributed by atoms with van der Waals surface area (Å²) in [5, 5.41) is 12.8. The van der Waals surface area contributed by atoms with E-state index in [2.05, 4.69) is 5.32 Å². The summed E-state index contributed by atoms with van der Waals surface area (Å²) in [7, 11) is 0. The van der Waals surface area contributed by atoms with Crippen LogP contribution >= 0.6 is 0 Å². The van der Waals surface area contributed by atoms with Crippen LogP contribution < -0.4 is 5.32 Å². The van der Waals surface area contributed by atoms with Crippen molar-refractivity contribution in [2.75, 3.05) is 19.6 Å². The van der Waals surface area contributed by atoms with Gasteiger partial charge in [0.25, 0.3) is 5.91 Å². The molecule has 1 saturated carbocycles. The van der Waals surface area contributed by atoms with Gasteiger partial charge >= 0.3 is 0 Å². The molecule has 1 saturated heterocycles. The quantitative estimate of drug-likeness (QED) is 0.894. The Morgan fingerprint density at radius 3 is 2.62 bits per heavy atom. The molecule has 1 heterocycles. The zero-order valence-electron chi connectivity index (χ0n) is 12.0. The first-order valence-electron chi connectivity index (χ1n) is 7.64. The first-order valence-corrected chi connectivity index (χ1v) is 7.64. The Labute approximate surface area is 124 Å². The Morgan fingerprint density at radius 2 is 2.00 bits per heavy atom. The van der Waals surface area contributed by atoms with Crippen LogP contribution in [0, 0.1) is 11.7 Å². The second kappa shape index (κ2) is 6.02. The van der Waals surface area contributed by atoms with Crippen LogP contribution in [-0.4, -0.2) is 41.6 Å². The molecule has 1 aromatic carbocycles.